The van der Waals surface area contributed by atoms with Crippen LogP contribution in [-0.4, -0.2) is 96.7 Å². The lowest BCUT2D eigenvalue weighted by Gasteiger charge is -2.21. The number of unbranched alkanes of at least 4 members (excludes halogenated alkanes) is 39. The van der Waals surface area contributed by atoms with Gasteiger partial charge >= 0.3 is 39.5 Å². The number of aliphatic hydroxyl groups is 1. The van der Waals surface area contributed by atoms with E-state index in [9.17, 15) is 43.2 Å². The van der Waals surface area contributed by atoms with Gasteiger partial charge in [-0.15, -0.1) is 0 Å². The molecule has 0 fully saturated rings. The van der Waals surface area contributed by atoms with Gasteiger partial charge in [0, 0.05) is 25.7 Å². The van der Waals surface area contributed by atoms with Crippen LogP contribution in [0.1, 0.15) is 369 Å². The molecule has 0 saturated carbocycles. The number of phosphoric acid groups is 2. The number of hydrogen-bond donors (Lipinski definition) is 3. The topological polar surface area (TPSA) is 237 Å². The molecule has 19 heteroatoms. The van der Waals surface area contributed by atoms with Crippen LogP contribution in [0.5, 0.6) is 0 Å². The van der Waals surface area contributed by atoms with Gasteiger partial charge in [-0.05, 0) is 88.9 Å². The molecular weight excluding hydrogens is 1290 g/mol. The highest BCUT2D eigenvalue weighted by atomic mass is 31.2. The normalized spacial score (nSPS) is 14.3. The first-order valence-electron chi connectivity index (χ1n) is 40.1. The molecule has 0 bridgehead atoms. The highest BCUT2D eigenvalue weighted by molar-refractivity contribution is 7.47. The molecule has 0 aromatic carbocycles. The summed E-state index contributed by atoms with van der Waals surface area (Å²) < 4.78 is 68.6. The minimum Gasteiger partial charge on any atom is -0.462 e. The number of hydrogen-bond acceptors (Lipinski definition) is 15. The average molecular weight is 1440 g/mol. The van der Waals surface area contributed by atoms with E-state index >= 15 is 0 Å². The van der Waals surface area contributed by atoms with Crippen molar-refractivity contribution in [2.75, 3.05) is 39.6 Å². The molecule has 0 aliphatic carbocycles. The first kappa shape index (κ1) is 96.0. The molecule has 0 aromatic heterocycles. The molecule has 3 unspecified atom stereocenters. The molecule has 3 N–H and O–H groups in total. The van der Waals surface area contributed by atoms with Crippen molar-refractivity contribution in [1.82, 2.24) is 0 Å². The van der Waals surface area contributed by atoms with Gasteiger partial charge in [-0.1, -0.05) is 315 Å². The van der Waals surface area contributed by atoms with Crippen molar-refractivity contribution in [3.63, 3.8) is 0 Å². The summed E-state index contributed by atoms with van der Waals surface area (Å²) in [5.41, 5.74) is 0. The second kappa shape index (κ2) is 70.7. The molecule has 0 heterocycles. The van der Waals surface area contributed by atoms with Gasteiger partial charge in [0.15, 0.2) is 12.2 Å². The first-order valence-corrected chi connectivity index (χ1v) is 43.1. The predicted molar refractivity (Wildman–Crippen MR) is 404 cm³/mol. The Morgan fingerprint density at radius 2 is 0.545 bits per heavy atom. The zero-order valence-corrected chi connectivity index (χ0v) is 65.6. The van der Waals surface area contributed by atoms with Gasteiger partial charge in [-0.3, -0.25) is 37.3 Å². The highest BCUT2D eigenvalue weighted by Crippen LogP contribution is 2.45. The largest absolute Gasteiger partial charge is 0.472 e. The summed E-state index contributed by atoms with van der Waals surface area (Å²) in [5, 5.41) is 10.6. The SMILES string of the molecule is CCCCCC/C=C\C=C/CCCCCCCC(=O)OC[C@H](COP(=O)(O)OCC(O)COP(=O)(O)OC[C@@H](COC(=O)CCCCCCCCCC(C)C)OC(=O)CCCCCCC/C=C\C=C/CCCCCC)OC(=O)CCCCCCCCCCCCCCCCCCC(C)C. The lowest BCUT2D eigenvalue weighted by molar-refractivity contribution is -0.161. The molecule has 0 spiro atoms. The quantitative estimate of drug-likeness (QED) is 0.0169. The Labute approximate surface area is 604 Å². The zero-order chi connectivity index (χ0) is 72.8. The summed E-state index contributed by atoms with van der Waals surface area (Å²) >= 11 is 0. The Hall–Kier alpha value is -2.98. The molecule has 0 aliphatic heterocycles. The number of allylic oxidation sites excluding steroid dienone is 8. The number of carbonyl (C=O) groups is 4. The van der Waals surface area contributed by atoms with Crippen LogP contribution in [0.15, 0.2) is 48.6 Å². The number of phosphoric ester groups is 2. The third-order valence-corrected chi connectivity index (χ3v) is 19.4. The molecule has 5 atom stereocenters. The fourth-order valence-corrected chi connectivity index (χ4v) is 12.9. The molecule has 0 rings (SSSR count). The van der Waals surface area contributed by atoms with E-state index in [4.69, 9.17) is 37.0 Å². The molecule has 99 heavy (non-hydrogen) atoms. The van der Waals surface area contributed by atoms with Gasteiger partial charge in [-0.2, -0.15) is 0 Å². The fraction of sp³-hybridized carbons (Fsp3) is 0.850. The van der Waals surface area contributed by atoms with Crippen molar-refractivity contribution >= 4 is 39.5 Å². The van der Waals surface area contributed by atoms with Gasteiger partial charge in [0.2, 0.25) is 0 Å². The van der Waals surface area contributed by atoms with Crippen LogP contribution in [0, 0.1) is 11.8 Å². The number of aliphatic hydroxyl groups excluding tert-OH is 1. The number of ether oxygens (including phenoxy) is 4. The lowest BCUT2D eigenvalue weighted by Crippen LogP contribution is -2.30. The van der Waals surface area contributed by atoms with E-state index in [2.05, 4.69) is 90.2 Å². The zero-order valence-electron chi connectivity index (χ0n) is 63.8. The van der Waals surface area contributed by atoms with Crippen molar-refractivity contribution in [1.29, 1.82) is 0 Å². The monoisotopic (exact) mass is 1440 g/mol. The van der Waals surface area contributed by atoms with Crippen molar-refractivity contribution in [2.24, 2.45) is 11.8 Å². The fourth-order valence-electron chi connectivity index (χ4n) is 11.3. The van der Waals surface area contributed by atoms with Crippen LogP contribution < -0.4 is 0 Å². The molecule has 0 saturated heterocycles. The standard InChI is InChI=1S/C80H148O17P2/c1-7-9-11-13-15-17-19-21-25-30-34-38-44-50-56-62-77(82)90-68-75(96-79(84)65-59-53-46-40-36-32-28-24-23-27-29-33-37-42-48-54-60-72(3)4)70-94-98(86,87)92-66-74(81)67-93-99(88,89)95-71-76(69-91-78(83)63-57-51-47-41-43-49-55-61-73(5)6)97-80(85)64-58-52-45-39-35-31-26-22-20-18-16-14-12-10-8-2/h17-22,25-26,72-76,81H,7-16,23-24,27-71H2,1-6H3,(H,86,87)(H,88,89)/b19-17-,20-18-,25-21-,26-22-/t74?,75-,76-/m1/s1. The Kier molecular flexibility index (Phi) is 68.5. The van der Waals surface area contributed by atoms with Crippen molar-refractivity contribution in [3.8, 4) is 0 Å². The molecule has 0 amide bonds. The molecule has 17 nitrogen and oxygen atoms in total. The summed E-state index contributed by atoms with van der Waals surface area (Å²) in [6.07, 6.45) is 65.5. The van der Waals surface area contributed by atoms with E-state index in [-0.39, 0.29) is 25.7 Å². The third-order valence-electron chi connectivity index (χ3n) is 17.5. The Morgan fingerprint density at radius 3 is 0.818 bits per heavy atom. The maximum atomic E-state index is 13.1. The summed E-state index contributed by atoms with van der Waals surface area (Å²) in [4.78, 5) is 72.9. The minimum absolute atomic E-state index is 0.0819. The van der Waals surface area contributed by atoms with Crippen LogP contribution in [-0.2, 0) is 65.4 Å². The van der Waals surface area contributed by atoms with Crippen molar-refractivity contribution in [3.05, 3.63) is 48.6 Å². The molecule has 0 radical (unpaired) electrons. The van der Waals surface area contributed by atoms with E-state index < -0.39 is 97.5 Å². The second-order valence-electron chi connectivity index (χ2n) is 28.4. The Morgan fingerprint density at radius 1 is 0.313 bits per heavy atom. The van der Waals surface area contributed by atoms with E-state index in [0.29, 0.717) is 31.6 Å². The number of esters is 4. The molecule has 0 aromatic rings. The average Bonchev–Trinajstić information content (AvgIpc) is 0.999. The van der Waals surface area contributed by atoms with Gasteiger partial charge in [-0.25, -0.2) is 9.13 Å². The Balaban J connectivity index is 5.31. The molecular formula is C80H148O17P2. The van der Waals surface area contributed by atoms with Gasteiger partial charge in [0.05, 0.1) is 26.4 Å². The van der Waals surface area contributed by atoms with Crippen LogP contribution >= 0.6 is 15.6 Å². The summed E-state index contributed by atoms with van der Waals surface area (Å²) in [6, 6.07) is 0. The smallest absolute Gasteiger partial charge is 0.462 e. The summed E-state index contributed by atoms with van der Waals surface area (Å²) in [7, 11) is -9.94. The lowest BCUT2D eigenvalue weighted by atomic mass is 10.0. The molecule has 580 valence electrons. The van der Waals surface area contributed by atoms with Gasteiger partial charge in [0.25, 0.3) is 0 Å². The summed E-state index contributed by atoms with van der Waals surface area (Å²) in [5.74, 6) is -0.667. The van der Waals surface area contributed by atoms with Crippen LogP contribution in [0.4, 0.5) is 0 Å². The predicted octanol–water partition coefficient (Wildman–Crippen LogP) is 23.0. The second-order valence-corrected chi connectivity index (χ2v) is 31.3. The maximum Gasteiger partial charge on any atom is 0.472 e. The third kappa shape index (κ3) is 73.1. The van der Waals surface area contributed by atoms with E-state index in [1.165, 1.54) is 148 Å². The van der Waals surface area contributed by atoms with E-state index in [1.54, 1.807) is 0 Å². The van der Waals surface area contributed by atoms with Gasteiger partial charge in [0.1, 0.15) is 19.3 Å². The highest BCUT2D eigenvalue weighted by Gasteiger charge is 2.30. The summed E-state index contributed by atoms with van der Waals surface area (Å²) in [6.45, 7) is 9.46. The maximum absolute atomic E-state index is 13.1. The van der Waals surface area contributed by atoms with E-state index in [1.807, 2.05) is 0 Å². The van der Waals surface area contributed by atoms with Crippen LogP contribution in [0.3, 0.4) is 0 Å². The first-order chi connectivity index (χ1) is 47.9. The Bertz CT molecular complexity index is 2100. The van der Waals surface area contributed by atoms with Crippen molar-refractivity contribution < 1.29 is 80.2 Å². The molecule has 0 aliphatic rings. The van der Waals surface area contributed by atoms with E-state index in [0.717, 1.165) is 134 Å². The van der Waals surface area contributed by atoms with Crippen molar-refractivity contribution in [2.45, 2.75) is 387 Å². The van der Waals surface area contributed by atoms with Crippen LogP contribution in [0.25, 0.3) is 0 Å². The number of rotatable bonds is 75. The van der Waals surface area contributed by atoms with Gasteiger partial charge < -0.3 is 33.8 Å². The number of carbonyl (C=O) groups excluding carboxylic acids is 4. The van der Waals surface area contributed by atoms with Crippen LogP contribution in [0.2, 0.25) is 0 Å². The minimum atomic E-state index is -4.97.